The maximum Gasteiger partial charge on any atom is 0.292 e. The van der Waals surface area contributed by atoms with Crippen LogP contribution >= 0.6 is 0 Å². The standard InChI is InChI=1S/C18H21N3O3/c1-13-9-10-15(12-14(13)2)20-18(22)8-5-11-19-16-6-3-4-7-17(16)21(23)24/h3-4,6-7,9-10,12,19H,5,8,11H2,1-2H3,(H,20,22). The van der Waals surface area contributed by atoms with Crippen LogP contribution in [0.15, 0.2) is 42.5 Å². The first-order valence-corrected chi connectivity index (χ1v) is 7.82. The summed E-state index contributed by atoms with van der Waals surface area (Å²) in [6, 6.07) is 12.3. The number of anilines is 2. The van der Waals surface area contributed by atoms with E-state index in [1.165, 1.54) is 11.6 Å². The summed E-state index contributed by atoms with van der Waals surface area (Å²) in [5.74, 6) is -0.0670. The first kappa shape index (κ1) is 17.5. The van der Waals surface area contributed by atoms with Crippen LogP contribution in [0.1, 0.15) is 24.0 Å². The minimum absolute atomic E-state index is 0.0390. The average Bonchev–Trinajstić information content (AvgIpc) is 2.55. The van der Waals surface area contributed by atoms with Gasteiger partial charge in [0.05, 0.1) is 4.92 Å². The van der Waals surface area contributed by atoms with Gasteiger partial charge in [-0.15, -0.1) is 0 Å². The summed E-state index contributed by atoms with van der Waals surface area (Å²) in [5, 5.41) is 16.8. The first-order chi connectivity index (χ1) is 11.5. The van der Waals surface area contributed by atoms with E-state index in [9.17, 15) is 14.9 Å². The number of nitro groups is 1. The second-order valence-electron chi connectivity index (χ2n) is 5.65. The van der Waals surface area contributed by atoms with E-state index in [4.69, 9.17) is 0 Å². The molecule has 0 radical (unpaired) electrons. The molecule has 0 saturated carbocycles. The Hall–Kier alpha value is -2.89. The molecule has 0 unspecified atom stereocenters. The van der Waals surface area contributed by atoms with Gasteiger partial charge in [-0.2, -0.15) is 0 Å². The Morgan fingerprint density at radius 3 is 2.58 bits per heavy atom. The molecule has 1 amide bonds. The smallest absolute Gasteiger partial charge is 0.292 e. The molecule has 6 nitrogen and oxygen atoms in total. The number of hydrogen-bond donors (Lipinski definition) is 2. The maximum atomic E-state index is 11.9. The van der Waals surface area contributed by atoms with Gasteiger partial charge < -0.3 is 10.6 Å². The Balaban J connectivity index is 1.79. The SMILES string of the molecule is Cc1ccc(NC(=O)CCCNc2ccccc2[N+](=O)[O-])cc1C. The molecular weight excluding hydrogens is 306 g/mol. The molecule has 2 rings (SSSR count). The number of aryl methyl sites for hydroxylation is 2. The molecule has 0 spiro atoms. The van der Waals surface area contributed by atoms with E-state index in [1.54, 1.807) is 18.2 Å². The van der Waals surface area contributed by atoms with Gasteiger partial charge >= 0.3 is 0 Å². The summed E-state index contributed by atoms with van der Waals surface area (Å²) >= 11 is 0. The molecular formula is C18H21N3O3. The lowest BCUT2D eigenvalue weighted by atomic mass is 10.1. The fourth-order valence-corrected chi connectivity index (χ4v) is 2.30. The molecule has 0 aliphatic rings. The molecule has 0 fully saturated rings. The molecule has 2 N–H and O–H groups in total. The topological polar surface area (TPSA) is 84.3 Å². The fourth-order valence-electron chi connectivity index (χ4n) is 2.30. The molecule has 2 aromatic rings. The summed E-state index contributed by atoms with van der Waals surface area (Å²) in [6.07, 6.45) is 0.934. The summed E-state index contributed by atoms with van der Waals surface area (Å²) in [4.78, 5) is 22.4. The monoisotopic (exact) mass is 327 g/mol. The summed E-state index contributed by atoms with van der Waals surface area (Å²) in [6.45, 7) is 4.52. The third-order valence-corrected chi connectivity index (χ3v) is 3.79. The van der Waals surface area contributed by atoms with Crippen molar-refractivity contribution >= 4 is 23.0 Å². The number of carbonyl (C=O) groups is 1. The van der Waals surface area contributed by atoms with Crippen LogP contribution in [0.2, 0.25) is 0 Å². The minimum atomic E-state index is -0.422. The van der Waals surface area contributed by atoms with Crippen LogP contribution in [0, 0.1) is 24.0 Å². The third kappa shape index (κ3) is 4.81. The lowest BCUT2D eigenvalue weighted by Crippen LogP contribution is -2.13. The fraction of sp³-hybridized carbons (Fsp3) is 0.278. The molecule has 0 aromatic heterocycles. The molecule has 24 heavy (non-hydrogen) atoms. The highest BCUT2D eigenvalue weighted by Gasteiger charge is 2.11. The Bertz CT molecular complexity index is 744. The van der Waals surface area contributed by atoms with E-state index >= 15 is 0 Å². The van der Waals surface area contributed by atoms with Gasteiger partial charge in [-0.25, -0.2) is 0 Å². The zero-order chi connectivity index (χ0) is 17.5. The van der Waals surface area contributed by atoms with Gasteiger partial charge in [0.1, 0.15) is 5.69 Å². The highest BCUT2D eigenvalue weighted by Crippen LogP contribution is 2.23. The number of rotatable bonds is 7. The highest BCUT2D eigenvalue weighted by molar-refractivity contribution is 5.90. The molecule has 0 bridgehead atoms. The Morgan fingerprint density at radius 2 is 1.88 bits per heavy atom. The van der Waals surface area contributed by atoms with Crippen LogP contribution in [-0.2, 0) is 4.79 Å². The molecule has 0 aliphatic heterocycles. The van der Waals surface area contributed by atoms with Crippen molar-refractivity contribution in [3.8, 4) is 0 Å². The van der Waals surface area contributed by atoms with Gasteiger partial charge in [-0.1, -0.05) is 18.2 Å². The quantitative estimate of drug-likeness (QED) is 0.456. The second-order valence-corrected chi connectivity index (χ2v) is 5.65. The van der Waals surface area contributed by atoms with Crippen LogP contribution in [0.4, 0.5) is 17.1 Å². The van der Waals surface area contributed by atoms with E-state index in [2.05, 4.69) is 10.6 Å². The van der Waals surface area contributed by atoms with Crippen LogP contribution in [0.5, 0.6) is 0 Å². The largest absolute Gasteiger partial charge is 0.379 e. The number of nitrogens with zero attached hydrogens (tertiary/aromatic N) is 1. The van der Waals surface area contributed by atoms with E-state index in [1.807, 2.05) is 32.0 Å². The Morgan fingerprint density at radius 1 is 1.12 bits per heavy atom. The van der Waals surface area contributed by atoms with Gasteiger partial charge in [-0.05, 0) is 49.6 Å². The maximum absolute atomic E-state index is 11.9. The first-order valence-electron chi connectivity index (χ1n) is 7.82. The predicted octanol–water partition coefficient (Wildman–Crippen LogP) is 4.04. The van der Waals surface area contributed by atoms with Crippen LogP contribution in [0.3, 0.4) is 0 Å². The van der Waals surface area contributed by atoms with Crippen LogP contribution < -0.4 is 10.6 Å². The van der Waals surface area contributed by atoms with E-state index < -0.39 is 4.92 Å². The summed E-state index contributed by atoms with van der Waals surface area (Å²) in [5.41, 5.74) is 3.61. The van der Waals surface area contributed by atoms with Crippen molar-refractivity contribution in [2.75, 3.05) is 17.2 Å². The number of carbonyl (C=O) groups excluding carboxylic acids is 1. The van der Waals surface area contributed by atoms with Gasteiger partial charge in [0.2, 0.25) is 5.91 Å². The van der Waals surface area contributed by atoms with E-state index in [-0.39, 0.29) is 11.6 Å². The molecule has 2 aromatic carbocycles. The number of amides is 1. The van der Waals surface area contributed by atoms with Gasteiger partial charge in [0, 0.05) is 24.7 Å². The normalized spacial score (nSPS) is 10.2. The zero-order valence-corrected chi connectivity index (χ0v) is 13.8. The molecule has 0 aliphatic carbocycles. The van der Waals surface area contributed by atoms with E-state index in [0.29, 0.717) is 25.1 Å². The average molecular weight is 327 g/mol. The third-order valence-electron chi connectivity index (χ3n) is 3.79. The number of benzene rings is 2. The summed E-state index contributed by atoms with van der Waals surface area (Å²) < 4.78 is 0. The van der Waals surface area contributed by atoms with Crippen molar-refractivity contribution in [3.05, 3.63) is 63.7 Å². The number of nitrogens with one attached hydrogen (secondary N) is 2. The molecule has 0 atom stereocenters. The summed E-state index contributed by atoms with van der Waals surface area (Å²) in [7, 11) is 0. The lowest BCUT2D eigenvalue weighted by Gasteiger charge is -2.09. The van der Waals surface area contributed by atoms with Crippen molar-refractivity contribution in [1.82, 2.24) is 0 Å². The number of hydrogen-bond acceptors (Lipinski definition) is 4. The van der Waals surface area contributed by atoms with Gasteiger partial charge in [0.15, 0.2) is 0 Å². The lowest BCUT2D eigenvalue weighted by molar-refractivity contribution is -0.384. The molecule has 126 valence electrons. The van der Waals surface area contributed by atoms with Crippen molar-refractivity contribution in [2.24, 2.45) is 0 Å². The highest BCUT2D eigenvalue weighted by atomic mass is 16.6. The molecule has 6 heteroatoms. The van der Waals surface area contributed by atoms with Gasteiger partial charge in [0.25, 0.3) is 5.69 Å². The van der Waals surface area contributed by atoms with Crippen molar-refractivity contribution < 1.29 is 9.72 Å². The zero-order valence-electron chi connectivity index (χ0n) is 13.8. The number of para-hydroxylation sites is 2. The Kier molecular flexibility index (Phi) is 5.89. The molecule has 0 saturated heterocycles. The van der Waals surface area contributed by atoms with Crippen molar-refractivity contribution in [3.63, 3.8) is 0 Å². The van der Waals surface area contributed by atoms with E-state index in [0.717, 1.165) is 11.3 Å². The van der Waals surface area contributed by atoms with Crippen molar-refractivity contribution in [1.29, 1.82) is 0 Å². The minimum Gasteiger partial charge on any atom is -0.379 e. The Labute approximate surface area is 141 Å². The number of nitro benzene ring substituents is 1. The van der Waals surface area contributed by atoms with Gasteiger partial charge in [-0.3, -0.25) is 14.9 Å². The molecule has 0 heterocycles. The second kappa shape index (κ2) is 8.10. The van der Waals surface area contributed by atoms with Crippen LogP contribution in [0.25, 0.3) is 0 Å². The van der Waals surface area contributed by atoms with Crippen LogP contribution in [-0.4, -0.2) is 17.4 Å². The predicted molar refractivity (Wildman–Crippen MR) is 95.4 cm³/mol. The van der Waals surface area contributed by atoms with Crippen molar-refractivity contribution in [2.45, 2.75) is 26.7 Å².